The maximum absolute atomic E-state index is 5.65. The Balaban J connectivity index is 2.99. The van der Waals surface area contributed by atoms with Gasteiger partial charge in [0.25, 0.3) is 0 Å². The van der Waals surface area contributed by atoms with Gasteiger partial charge in [0.1, 0.15) is 11.1 Å². The van der Waals surface area contributed by atoms with E-state index < -0.39 is 0 Å². The van der Waals surface area contributed by atoms with Crippen molar-refractivity contribution in [2.75, 3.05) is 13.7 Å². The molecule has 1 rings (SSSR count). The van der Waals surface area contributed by atoms with Crippen molar-refractivity contribution in [3.8, 4) is 0 Å². The largest absolute Gasteiger partial charge is 0.374 e. The first-order valence-corrected chi connectivity index (χ1v) is 7.47. The van der Waals surface area contributed by atoms with Crippen molar-refractivity contribution in [2.24, 2.45) is 5.41 Å². The van der Waals surface area contributed by atoms with E-state index in [2.05, 4.69) is 39.9 Å². The third kappa shape index (κ3) is 3.77. The van der Waals surface area contributed by atoms with Crippen molar-refractivity contribution in [1.29, 1.82) is 0 Å². The molecule has 0 bridgehead atoms. The number of hydrogen-bond donors (Lipinski definition) is 1. The minimum atomic E-state index is 0.0724. The SMILES string of the molecule is CCNCc1sc(C(OC)C(C)(C)C)nc1CC. The fraction of sp³-hybridized carbons (Fsp3) is 0.786. The van der Waals surface area contributed by atoms with Crippen molar-refractivity contribution in [3.63, 3.8) is 0 Å². The summed E-state index contributed by atoms with van der Waals surface area (Å²) in [5.74, 6) is 0. The van der Waals surface area contributed by atoms with E-state index in [0.29, 0.717) is 0 Å². The van der Waals surface area contributed by atoms with Crippen LogP contribution in [0.1, 0.15) is 56.3 Å². The fourth-order valence-corrected chi connectivity index (χ4v) is 3.44. The van der Waals surface area contributed by atoms with Crippen LogP contribution in [0.15, 0.2) is 0 Å². The van der Waals surface area contributed by atoms with E-state index in [1.807, 2.05) is 0 Å². The molecule has 0 fully saturated rings. The summed E-state index contributed by atoms with van der Waals surface area (Å²) in [5, 5.41) is 4.48. The van der Waals surface area contributed by atoms with Gasteiger partial charge in [0, 0.05) is 18.5 Å². The van der Waals surface area contributed by atoms with Gasteiger partial charge in [-0.25, -0.2) is 4.98 Å². The molecule has 4 heteroatoms. The van der Waals surface area contributed by atoms with Gasteiger partial charge in [-0.1, -0.05) is 34.6 Å². The van der Waals surface area contributed by atoms with E-state index in [1.54, 1.807) is 18.4 Å². The highest BCUT2D eigenvalue weighted by molar-refractivity contribution is 7.11. The average Bonchev–Trinajstić information content (AvgIpc) is 2.68. The van der Waals surface area contributed by atoms with Gasteiger partial charge in [0.2, 0.25) is 0 Å². The molecule has 1 aromatic heterocycles. The number of nitrogens with one attached hydrogen (secondary N) is 1. The van der Waals surface area contributed by atoms with Gasteiger partial charge in [-0.2, -0.15) is 0 Å². The Bertz CT molecular complexity index is 368. The van der Waals surface area contributed by atoms with E-state index >= 15 is 0 Å². The highest BCUT2D eigenvalue weighted by Crippen LogP contribution is 2.38. The first-order valence-electron chi connectivity index (χ1n) is 6.66. The predicted octanol–water partition coefficient (Wildman–Crippen LogP) is 3.55. The molecule has 104 valence electrons. The van der Waals surface area contributed by atoms with Crippen LogP contribution >= 0.6 is 11.3 Å². The number of hydrogen-bond acceptors (Lipinski definition) is 4. The van der Waals surface area contributed by atoms with Gasteiger partial charge in [0.15, 0.2) is 0 Å². The van der Waals surface area contributed by atoms with Crippen LogP contribution in [-0.4, -0.2) is 18.6 Å². The number of nitrogens with zero attached hydrogens (tertiary/aromatic N) is 1. The maximum Gasteiger partial charge on any atom is 0.123 e. The number of aromatic nitrogens is 1. The molecule has 1 unspecified atom stereocenters. The lowest BCUT2D eigenvalue weighted by Gasteiger charge is -2.27. The average molecular weight is 270 g/mol. The molecular formula is C14H26N2OS. The van der Waals surface area contributed by atoms with E-state index in [0.717, 1.165) is 24.5 Å². The van der Waals surface area contributed by atoms with Crippen LogP contribution < -0.4 is 5.32 Å². The maximum atomic E-state index is 5.65. The molecule has 0 aromatic carbocycles. The molecule has 0 amide bonds. The first kappa shape index (κ1) is 15.6. The molecule has 18 heavy (non-hydrogen) atoms. The Labute approximate surface area is 115 Å². The van der Waals surface area contributed by atoms with Crippen molar-refractivity contribution in [1.82, 2.24) is 10.3 Å². The number of ether oxygens (including phenoxy) is 1. The molecule has 1 atom stereocenters. The second kappa shape index (κ2) is 6.64. The molecule has 0 aliphatic carbocycles. The molecule has 0 spiro atoms. The zero-order valence-corrected chi connectivity index (χ0v) is 13.3. The highest BCUT2D eigenvalue weighted by Gasteiger charge is 2.29. The molecule has 0 saturated carbocycles. The van der Waals surface area contributed by atoms with E-state index in [-0.39, 0.29) is 11.5 Å². The van der Waals surface area contributed by atoms with Gasteiger partial charge >= 0.3 is 0 Å². The summed E-state index contributed by atoms with van der Waals surface area (Å²) < 4.78 is 5.65. The smallest absolute Gasteiger partial charge is 0.123 e. The molecule has 1 aromatic rings. The Kier molecular flexibility index (Phi) is 5.76. The Hall–Kier alpha value is -0.450. The molecule has 1 N–H and O–H groups in total. The summed E-state index contributed by atoms with van der Waals surface area (Å²) in [7, 11) is 1.77. The monoisotopic (exact) mass is 270 g/mol. The lowest BCUT2D eigenvalue weighted by molar-refractivity contribution is 0.0150. The molecule has 3 nitrogen and oxygen atoms in total. The van der Waals surface area contributed by atoms with Crippen LogP contribution in [0.3, 0.4) is 0 Å². The summed E-state index contributed by atoms with van der Waals surface area (Å²) in [4.78, 5) is 6.12. The van der Waals surface area contributed by atoms with Gasteiger partial charge in [-0.3, -0.25) is 0 Å². The van der Waals surface area contributed by atoms with Crippen molar-refractivity contribution in [3.05, 3.63) is 15.6 Å². The zero-order chi connectivity index (χ0) is 13.8. The van der Waals surface area contributed by atoms with Crippen molar-refractivity contribution >= 4 is 11.3 Å². The lowest BCUT2D eigenvalue weighted by atomic mass is 9.89. The quantitative estimate of drug-likeness (QED) is 0.858. The number of methoxy groups -OCH3 is 1. The third-order valence-corrected chi connectivity index (χ3v) is 4.05. The van der Waals surface area contributed by atoms with Crippen LogP contribution in [0.4, 0.5) is 0 Å². The topological polar surface area (TPSA) is 34.1 Å². The van der Waals surface area contributed by atoms with Gasteiger partial charge in [-0.05, 0) is 18.4 Å². The van der Waals surface area contributed by atoms with Crippen LogP contribution in [0.2, 0.25) is 0 Å². The van der Waals surface area contributed by atoms with Crippen LogP contribution in [-0.2, 0) is 17.7 Å². The summed E-state index contributed by atoms with van der Waals surface area (Å²) in [6.07, 6.45) is 1.06. The number of rotatable bonds is 6. The predicted molar refractivity (Wildman–Crippen MR) is 78.1 cm³/mol. The van der Waals surface area contributed by atoms with Gasteiger partial charge in [-0.15, -0.1) is 11.3 Å². The van der Waals surface area contributed by atoms with Crippen LogP contribution in [0.25, 0.3) is 0 Å². The van der Waals surface area contributed by atoms with E-state index in [4.69, 9.17) is 9.72 Å². The van der Waals surface area contributed by atoms with E-state index in [1.165, 1.54) is 10.6 Å². The van der Waals surface area contributed by atoms with Crippen molar-refractivity contribution < 1.29 is 4.74 Å². The summed E-state index contributed by atoms with van der Waals surface area (Å²) >= 11 is 1.78. The Morgan fingerprint density at radius 1 is 1.33 bits per heavy atom. The molecule has 0 radical (unpaired) electrons. The third-order valence-electron chi connectivity index (χ3n) is 2.91. The lowest BCUT2D eigenvalue weighted by Crippen LogP contribution is -2.19. The van der Waals surface area contributed by atoms with Gasteiger partial charge in [0.05, 0.1) is 5.69 Å². The molecule has 0 saturated heterocycles. The normalized spacial score (nSPS) is 13.9. The number of thiazole rings is 1. The Morgan fingerprint density at radius 3 is 2.44 bits per heavy atom. The molecule has 1 heterocycles. The van der Waals surface area contributed by atoms with Crippen LogP contribution in [0.5, 0.6) is 0 Å². The summed E-state index contributed by atoms with van der Waals surface area (Å²) in [6.45, 7) is 12.8. The molecule has 0 aliphatic heterocycles. The minimum absolute atomic E-state index is 0.0724. The molecule has 0 aliphatic rings. The van der Waals surface area contributed by atoms with Crippen LogP contribution in [0, 0.1) is 5.41 Å². The summed E-state index contributed by atoms with van der Waals surface area (Å²) in [5.41, 5.74) is 1.29. The summed E-state index contributed by atoms with van der Waals surface area (Å²) in [6, 6.07) is 0. The van der Waals surface area contributed by atoms with E-state index in [9.17, 15) is 0 Å². The van der Waals surface area contributed by atoms with Gasteiger partial charge < -0.3 is 10.1 Å². The molecular weight excluding hydrogens is 244 g/mol. The first-order chi connectivity index (χ1) is 8.43. The standard InChI is InChI=1S/C14H26N2OS/c1-7-10-11(9-15-8-2)18-13(16-10)12(17-6)14(3,4)5/h12,15H,7-9H2,1-6H3. The second-order valence-corrected chi connectivity index (χ2v) is 6.65. The second-order valence-electron chi connectivity index (χ2n) is 5.54. The zero-order valence-electron chi connectivity index (χ0n) is 12.5. The minimum Gasteiger partial charge on any atom is -0.374 e. The Morgan fingerprint density at radius 2 is 2.00 bits per heavy atom. The highest BCUT2D eigenvalue weighted by atomic mass is 32.1. The number of aryl methyl sites for hydroxylation is 1. The fourth-order valence-electron chi connectivity index (χ4n) is 1.99. The van der Waals surface area contributed by atoms with Crippen molar-refractivity contribution in [2.45, 2.75) is 53.7 Å².